The Kier molecular flexibility index (Phi) is 5.30. The number of thiazole rings is 1. The summed E-state index contributed by atoms with van der Waals surface area (Å²) in [4.78, 5) is 16.0. The zero-order valence-corrected chi connectivity index (χ0v) is 12.9. The van der Waals surface area contributed by atoms with E-state index in [-0.39, 0.29) is 18.5 Å². The van der Waals surface area contributed by atoms with Gasteiger partial charge in [0.05, 0.1) is 6.10 Å². The third-order valence-corrected chi connectivity index (χ3v) is 3.86. The smallest absolute Gasteiger partial charge is 0.319 e. The van der Waals surface area contributed by atoms with Gasteiger partial charge in [0.25, 0.3) is 0 Å². The predicted molar refractivity (Wildman–Crippen MR) is 85.4 cm³/mol. The lowest BCUT2D eigenvalue weighted by molar-refractivity contribution is 0.126. The molecule has 6 heteroatoms. The number of amides is 2. The maximum atomic E-state index is 11.8. The van der Waals surface area contributed by atoms with E-state index in [0.717, 1.165) is 10.6 Å². The molecule has 2 amide bonds. The normalized spacial score (nSPS) is 12.2. The first-order valence-electron chi connectivity index (χ1n) is 6.79. The van der Waals surface area contributed by atoms with Crippen LogP contribution in [0.4, 0.5) is 10.5 Å². The lowest BCUT2D eigenvalue weighted by Crippen LogP contribution is -2.37. The molecule has 2 aromatic rings. The molecule has 3 N–H and O–H groups in total. The molecule has 1 unspecified atom stereocenters. The number of benzene rings is 1. The van der Waals surface area contributed by atoms with Crippen LogP contribution in [0.15, 0.2) is 35.8 Å². The molecule has 112 valence electrons. The number of anilines is 1. The van der Waals surface area contributed by atoms with Gasteiger partial charge in [-0.1, -0.05) is 26.0 Å². The maximum absolute atomic E-state index is 11.8. The Morgan fingerprint density at radius 2 is 2.24 bits per heavy atom. The molecule has 21 heavy (non-hydrogen) atoms. The topological polar surface area (TPSA) is 74.2 Å². The molecule has 0 bridgehead atoms. The minimum atomic E-state index is -0.544. The van der Waals surface area contributed by atoms with Crippen LogP contribution < -0.4 is 10.6 Å². The third-order valence-electron chi connectivity index (χ3n) is 3.04. The van der Waals surface area contributed by atoms with Crippen LogP contribution in [-0.4, -0.2) is 28.8 Å². The molecule has 0 aliphatic carbocycles. The van der Waals surface area contributed by atoms with Crippen molar-refractivity contribution in [1.82, 2.24) is 10.3 Å². The van der Waals surface area contributed by atoms with Crippen LogP contribution in [-0.2, 0) is 0 Å². The van der Waals surface area contributed by atoms with E-state index in [0.29, 0.717) is 5.69 Å². The van der Waals surface area contributed by atoms with Gasteiger partial charge in [0.2, 0.25) is 0 Å². The quantitative estimate of drug-likeness (QED) is 0.795. The molecular weight excluding hydrogens is 286 g/mol. The highest BCUT2D eigenvalue weighted by atomic mass is 32.1. The van der Waals surface area contributed by atoms with E-state index in [1.54, 1.807) is 17.5 Å². The van der Waals surface area contributed by atoms with E-state index in [9.17, 15) is 9.90 Å². The number of aliphatic hydroxyl groups is 1. The van der Waals surface area contributed by atoms with E-state index < -0.39 is 6.10 Å². The van der Waals surface area contributed by atoms with Gasteiger partial charge in [0.15, 0.2) is 0 Å². The summed E-state index contributed by atoms with van der Waals surface area (Å²) in [6, 6.07) is 7.18. The molecule has 2 rings (SSSR count). The Morgan fingerprint density at radius 3 is 2.90 bits per heavy atom. The average molecular weight is 305 g/mol. The number of carbonyl (C=O) groups excluding carboxylic acids is 1. The van der Waals surface area contributed by atoms with Gasteiger partial charge in [-0.25, -0.2) is 9.78 Å². The number of rotatable bonds is 5. The molecule has 0 fully saturated rings. The summed E-state index contributed by atoms with van der Waals surface area (Å²) >= 11 is 1.55. The van der Waals surface area contributed by atoms with Crippen molar-refractivity contribution < 1.29 is 9.90 Å². The number of nitrogens with one attached hydrogen (secondary N) is 2. The predicted octanol–water partition coefficient (Wildman–Crippen LogP) is 2.95. The Morgan fingerprint density at radius 1 is 1.43 bits per heavy atom. The van der Waals surface area contributed by atoms with E-state index in [1.807, 2.05) is 43.5 Å². The molecule has 0 aliphatic heterocycles. The van der Waals surface area contributed by atoms with Crippen LogP contribution in [0.3, 0.4) is 0 Å². The van der Waals surface area contributed by atoms with Crippen molar-refractivity contribution >= 4 is 23.1 Å². The van der Waals surface area contributed by atoms with Gasteiger partial charge in [-0.05, 0) is 18.1 Å². The number of hydrogen-bond acceptors (Lipinski definition) is 4. The SMILES string of the molecule is CC(C)C(O)CNC(=O)Nc1cccc(-c2nccs2)c1. The average Bonchev–Trinajstić information content (AvgIpc) is 2.99. The van der Waals surface area contributed by atoms with Gasteiger partial charge in [-0.2, -0.15) is 0 Å². The third kappa shape index (κ3) is 4.54. The van der Waals surface area contributed by atoms with E-state index in [4.69, 9.17) is 0 Å². The lowest BCUT2D eigenvalue weighted by atomic mass is 10.1. The number of nitrogens with zero attached hydrogens (tertiary/aromatic N) is 1. The van der Waals surface area contributed by atoms with Crippen LogP contribution in [0.2, 0.25) is 0 Å². The van der Waals surface area contributed by atoms with Crippen LogP contribution in [0.25, 0.3) is 10.6 Å². The van der Waals surface area contributed by atoms with Gasteiger partial charge >= 0.3 is 6.03 Å². The summed E-state index contributed by atoms with van der Waals surface area (Å²) in [6.45, 7) is 4.04. The first-order chi connectivity index (χ1) is 10.1. The second-order valence-electron chi connectivity index (χ2n) is 5.06. The van der Waals surface area contributed by atoms with Crippen molar-refractivity contribution in [3.8, 4) is 10.6 Å². The molecular formula is C15H19N3O2S. The van der Waals surface area contributed by atoms with Gasteiger partial charge in [0, 0.05) is 29.4 Å². The first-order valence-corrected chi connectivity index (χ1v) is 7.67. The fourth-order valence-corrected chi connectivity index (χ4v) is 2.34. The minimum Gasteiger partial charge on any atom is -0.391 e. The fourth-order valence-electron chi connectivity index (χ4n) is 1.70. The van der Waals surface area contributed by atoms with Crippen molar-refractivity contribution in [2.45, 2.75) is 20.0 Å². The number of aliphatic hydroxyl groups excluding tert-OH is 1. The van der Waals surface area contributed by atoms with E-state index in [2.05, 4.69) is 15.6 Å². The summed E-state index contributed by atoms with van der Waals surface area (Å²) in [6.07, 6.45) is 1.21. The largest absolute Gasteiger partial charge is 0.391 e. The van der Waals surface area contributed by atoms with E-state index in [1.165, 1.54) is 0 Å². The molecule has 0 aliphatic rings. The standard InChI is InChI=1S/C15H19N3O2S/c1-10(2)13(19)9-17-15(20)18-12-5-3-4-11(8-12)14-16-6-7-21-14/h3-8,10,13,19H,9H2,1-2H3,(H2,17,18,20). The van der Waals surface area contributed by atoms with Crippen LogP contribution in [0.1, 0.15) is 13.8 Å². The second-order valence-corrected chi connectivity index (χ2v) is 5.96. The Labute approximate surface area is 128 Å². The van der Waals surface area contributed by atoms with Crippen molar-refractivity contribution in [2.75, 3.05) is 11.9 Å². The summed E-state index contributed by atoms with van der Waals surface area (Å²) in [7, 11) is 0. The van der Waals surface area contributed by atoms with Crippen molar-refractivity contribution in [2.24, 2.45) is 5.92 Å². The van der Waals surface area contributed by atoms with Gasteiger partial charge in [-0.15, -0.1) is 11.3 Å². The molecule has 1 heterocycles. The van der Waals surface area contributed by atoms with Crippen LogP contribution in [0.5, 0.6) is 0 Å². The van der Waals surface area contributed by atoms with Crippen LogP contribution in [0, 0.1) is 5.92 Å². The number of urea groups is 1. The van der Waals surface area contributed by atoms with E-state index >= 15 is 0 Å². The molecule has 1 aromatic carbocycles. The number of aromatic nitrogens is 1. The second kappa shape index (κ2) is 7.19. The molecule has 0 saturated carbocycles. The zero-order chi connectivity index (χ0) is 15.2. The number of carbonyl (C=O) groups is 1. The maximum Gasteiger partial charge on any atom is 0.319 e. The Balaban J connectivity index is 1.94. The number of hydrogen-bond donors (Lipinski definition) is 3. The van der Waals surface area contributed by atoms with Gasteiger partial charge in [-0.3, -0.25) is 0 Å². The highest BCUT2D eigenvalue weighted by Crippen LogP contribution is 2.24. The summed E-state index contributed by atoms with van der Waals surface area (Å²) in [5.74, 6) is 0.110. The summed E-state index contributed by atoms with van der Waals surface area (Å²) in [5, 5.41) is 17.9. The van der Waals surface area contributed by atoms with Gasteiger partial charge in [0.1, 0.15) is 5.01 Å². The molecule has 5 nitrogen and oxygen atoms in total. The molecule has 1 atom stereocenters. The summed E-state index contributed by atoms with van der Waals surface area (Å²) < 4.78 is 0. The monoisotopic (exact) mass is 305 g/mol. The Bertz CT molecular complexity index is 584. The highest BCUT2D eigenvalue weighted by molar-refractivity contribution is 7.13. The van der Waals surface area contributed by atoms with Crippen LogP contribution >= 0.6 is 11.3 Å². The molecule has 0 radical (unpaired) electrons. The summed E-state index contributed by atoms with van der Waals surface area (Å²) in [5.41, 5.74) is 1.66. The minimum absolute atomic E-state index is 0.110. The van der Waals surface area contributed by atoms with Crippen molar-refractivity contribution in [1.29, 1.82) is 0 Å². The first kappa shape index (κ1) is 15.5. The van der Waals surface area contributed by atoms with Crippen molar-refractivity contribution in [3.05, 3.63) is 35.8 Å². The van der Waals surface area contributed by atoms with Gasteiger partial charge < -0.3 is 15.7 Å². The van der Waals surface area contributed by atoms with Crippen molar-refractivity contribution in [3.63, 3.8) is 0 Å². The fraction of sp³-hybridized carbons (Fsp3) is 0.333. The molecule has 0 saturated heterocycles. The molecule has 0 spiro atoms. The zero-order valence-electron chi connectivity index (χ0n) is 12.0. The Hall–Kier alpha value is -1.92. The lowest BCUT2D eigenvalue weighted by Gasteiger charge is -2.15. The molecule has 1 aromatic heterocycles. The highest BCUT2D eigenvalue weighted by Gasteiger charge is 2.11.